The molecule has 0 bridgehead atoms. The lowest BCUT2D eigenvalue weighted by molar-refractivity contribution is -0.200. The molecular formula is C12H16ClNO2. The SMILES string of the molecule is CC(=O)ON(Cc1ccc(Cl)cc1)C(C)C. The number of hydrogen-bond acceptors (Lipinski definition) is 3. The largest absolute Gasteiger partial charge is 0.368 e. The minimum absolute atomic E-state index is 0.138. The van der Waals surface area contributed by atoms with Crippen LogP contribution in [0.1, 0.15) is 26.3 Å². The number of benzene rings is 1. The summed E-state index contributed by atoms with van der Waals surface area (Å²) in [5.74, 6) is -0.303. The molecule has 0 N–H and O–H groups in total. The van der Waals surface area contributed by atoms with Crippen molar-refractivity contribution < 1.29 is 9.63 Å². The van der Waals surface area contributed by atoms with Crippen LogP contribution in [0.5, 0.6) is 0 Å². The smallest absolute Gasteiger partial charge is 0.322 e. The second-order valence-electron chi connectivity index (χ2n) is 3.88. The molecule has 0 saturated heterocycles. The number of carbonyl (C=O) groups excluding carboxylic acids is 1. The van der Waals surface area contributed by atoms with Gasteiger partial charge in [-0.3, -0.25) is 4.79 Å². The van der Waals surface area contributed by atoms with Gasteiger partial charge < -0.3 is 4.84 Å². The number of hydrogen-bond donors (Lipinski definition) is 0. The molecule has 0 unspecified atom stereocenters. The lowest BCUT2D eigenvalue weighted by Gasteiger charge is -2.24. The summed E-state index contributed by atoms with van der Waals surface area (Å²) >= 11 is 5.80. The highest BCUT2D eigenvalue weighted by atomic mass is 35.5. The van der Waals surface area contributed by atoms with Gasteiger partial charge in [0.25, 0.3) is 0 Å². The van der Waals surface area contributed by atoms with E-state index in [0.29, 0.717) is 11.6 Å². The zero-order valence-corrected chi connectivity index (χ0v) is 10.5. The highest BCUT2D eigenvalue weighted by molar-refractivity contribution is 6.30. The van der Waals surface area contributed by atoms with E-state index in [-0.39, 0.29) is 12.0 Å². The molecular weight excluding hydrogens is 226 g/mol. The van der Waals surface area contributed by atoms with Gasteiger partial charge in [-0.15, -0.1) is 5.06 Å². The van der Waals surface area contributed by atoms with Gasteiger partial charge in [0.2, 0.25) is 0 Å². The van der Waals surface area contributed by atoms with Gasteiger partial charge in [0.1, 0.15) is 0 Å². The molecule has 0 amide bonds. The summed E-state index contributed by atoms with van der Waals surface area (Å²) in [6.45, 7) is 5.91. The molecule has 0 saturated carbocycles. The number of hydroxylamine groups is 2. The van der Waals surface area contributed by atoms with Gasteiger partial charge in [0, 0.05) is 18.0 Å². The first-order valence-corrected chi connectivity index (χ1v) is 5.56. The van der Waals surface area contributed by atoms with E-state index < -0.39 is 0 Å². The van der Waals surface area contributed by atoms with E-state index in [2.05, 4.69) is 0 Å². The van der Waals surface area contributed by atoms with Crippen molar-refractivity contribution in [1.82, 2.24) is 5.06 Å². The summed E-state index contributed by atoms with van der Waals surface area (Å²) in [6, 6.07) is 7.62. The maximum Gasteiger partial charge on any atom is 0.322 e. The Hall–Kier alpha value is -1.06. The Morgan fingerprint density at radius 1 is 1.38 bits per heavy atom. The number of carbonyl (C=O) groups is 1. The molecule has 0 spiro atoms. The predicted octanol–water partition coefficient (Wildman–Crippen LogP) is 3.03. The molecule has 0 aromatic heterocycles. The minimum atomic E-state index is -0.303. The third-order valence-electron chi connectivity index (χ3n) is 2.07. The van der Waals surface area contributed by atoms with Gasteiger partial charge >= 0.3 is 5.97 Å². The topological polar surface area (TPSA) is 29.5 Å². The van der Waals surface area contributed by atoms with Gasteiger partial charge in [-0.25, -0.2) is 0 Å². The summed E-state index contributed by atoms with van der Waals surface area (Å²) < 4.78 is 0. The molecule has 1 aromatic rings. The van der Waals surface area contributed by atoms with Gasteiger partial charge in [0.05, 0.1) is 6.54 Å². The molecule has 16 heavy (non-hydrogen) atoms. The third-order valence-corrected chi connectivity index (χ3v) is 2.33. The van der Waals surface area contributed by atoms with Gasteiger partial charge in [0.15, 0.2) is 0 Å². The maximum atomic E-state index is 10.9. The zero-order chi connectivity index (χ0) is 12.1. The van der Waals surface area contributed by atoms with Crippen molar-refractivity contribution >= 4 is 17.6 Å². The molecule has 0 aliphatic heterocycles. The molecule has 88 valence electrons. The molecule has 0 fully saturated rings. The monoisotopic (exact) mass is 241 g/mol. The van der Waals surface area contributed by atoms with Crippen LogP contribution in [0.15, 0.2) is 24.3 Å². The molecule has 4 heteroatoms. The number of nitrogens with zero attached hydrogens (tertiary/aromatic N) is 1. The van der Waals surface area contributed by atoms with Crippen LogP contribution < -0.4 is 0 Å². The Balaban J connectivity index is 2.67. The molecule has 0 atom stereocenters. The molecule has 0 radical (unpaired) electrons. The maximum absolute atomic E-state index is 10.9. The summed E-state index contributed by atoms with van der Waals surface area (Å²) in [5, 5.41) is 2.35. The van der Waals surface area contributed by atoms with Crippen LogP contribution in [0.3, 0.4) is 0 Å². The summed E-state index contributed by atoms with van der Waals surface area (Å²) in [7, 11) is 0. The number of halogens is 1. The van der Waals surface area contributed by atoms with Crippen LogP contribution in [0.4, 0.5) is 0 Å². The molecule has 0 heterocycles. The Morgan fingerprint density at radius 2 is 1.94 bits per heavy atom. The minimum Gasteiger partial charge on any atom is -0.368 e. The first-order chi connectivity index (χ1) is 7.49. The second kappa shape index (κ2) is 5.87. The zero-order valence-electron chi connectivity index (χ0n) is 9.74. The highest BCUT2D eigenvalue weighted by Crippen LogP contribution is 2.13. The summed E-state index contributed by atoms with van der Waals surface area (Å²) in [5.41, 5.74) is 1.05. The molecule has 3 nitrogen and oxygen atoms in total. The van der Waals surface area contributed by atoms with Crippen molar-refractivity contribution in [2.24, 2.45) is 0 Å². The lowest BCUT2D eigenvalue weighted by atomic mass is 10.2. The van der Waals surface area contributed by atoms with Crippen molar-refractivity contribution in [2.75, 3.05) is 0 Å². The molecule has 0 aliphatic rings. The van der Waals surface area contributed by atoms with E-state index in [4.69, 9.17) is 16.4 Å². The van der Waals surface area contributed by atoms with Crippen LogP contribution in [0, 0.1) is 0 Å². The van der Waals surface area contributed by atoms with Crippen molar-refractivity contribution in [3.05, 3.63) is 34.9 Å². The lowest BCUT2D eigenvalue weighted by Crippen LogP contribution is -2.32. The quantitative estimate of drug-likeness (QED) is 0.759. The summed E-state index contributed by atoms with van der Waals surface area (Å²) in [6.07, 6.45) is 0. The first-order valence-electron chi connectivity index (χ1n) is 5.18. The third kappa shape index (κ3) is 4.21. The van der Waals surface area contributed by atoms with Crippen LogP contribution >= 0.6 is 11.6 Å². The average Bonchev–Trinajstić information content (AvgIpc) is 2.19. The normalized spacial score (nSPS) is 10.9. The van der Waals surface area contributed by atoms with Crippen molar-refractivity contribution in [3.8, 4) is 0 Å². The Bertz CT molecular complexity index is 349. The molecule has 0 aliphatic carbocycles. The fourth-order valence-corrected chi connectivity index (χ4v) is 1.38. The summed E-state index contributed by atoms with van der Waals surface area (Å²) in [4.78, 5) is 16.0. The fourth-order valence-electron chi connectivity index (χ4n) is 1.26. The van der Waals surface area contributed by atoms with E-state index in [1.54, 1.807) is 5.06 Å². The van der Waals surface area contributed by atoms with Crippen LogP contribution in [-0.4, -0.2) is 17.1 Å². The fraction of sp³-hybridized carbons (Fsp3) is 0.417. The van der Waals surface area contributed by atoms with Crippen LogP contribution in [0.25, 0.3) is 0 Å². The Kier molecular flexibility index (Phi) is 4.77. The molecule has 1 aromatic carbocycles. The van der Waals surface area contributed by atoms with E-state index in [0.717, 1.165) is 5.56 Å². The van der Waals surface area contributed by atoms with E-state index >= 15 is 0 Å². The van der Waals surface area contributed by atoms with Crippen LogP contribution in [0.2, 0.25) is 5.02 Å². The highest BCUT2D eigenvalue weighted by Gasteiger charge is 2.13. The van der Waals surface area contributed by atoms with Gasteiger partial charge in [-0.2, -0.15) is 0 Å². The van der Waals surface area contributed by atoms with Gasteiger partial charge in [-0.05, 0) is 31.5 Å². The number of rotatable bonds is 4. The molecule has 1 rings (SSSR count). The Labute approximate surface area is 101 Å². The van der Waals surface area contributed by atoms with Gasteiger partial charge in [-0.1, -0.05) is 23.7 Å². The van der Waals surface area contributed by atoms with Crippen molar-refractivity contribution in [2.45, 2.75) is 33.4 Å². The van der Waals surface area contributed by atoms with Crippen LogP contribution in [-0.2, 0) is 16.2 Å². The Morgan fingerprint density at radius 3 is 2.38 bits per heavy atom. The predicted molar refractivity (Wildman–Crippen MR) is 63.9 cm³/mol. The second-order valence-corrected chi connectivity index (χ2v) is 4.31. The average molecular weight is 242 g/mol. The van der Waals surface area contributed by atoms with Crippen molar-refractivity contribution in [3.63, 3.8) is 0 Å². The van der Waals surface area contributed by atoms with Crippen molar-refractivity contribution in [1.29, 1.82) is 0 Å². The standard InChI is InChI=1S/C12H16ClNO2/c1-9(2)14(16-10(3)15)8-11-4-6-12(13)7-5-11/h4-7,9H,8H2,1-3H3. The van der Waals surface area contributed by atoms with E-state index in [1.165, 1.54) is 6.92 Å². The van der Waals surface area contributed by atoms with E-state index in [1.807, 2.05) is 38.1 Å². The first kappa shape index (κ1) is 13.0. The van der Waals surface area contributed by atoms with E-state index in [9.17, 15) is 4.79 Å².